The van der Waals surface area contributed by atoms with Crippen molar-refractivity contribution in [2.24, 2.45) is 5.92 Å². The third-order valence-corrected chi connectivity index (χ3v) is 2.84. The molecular weight excluding hydrogens is 184 g/mol. The van der Waals surface area contributed by atoms with E-state index < -0.39 is 0 Å². The van der Waals surface area contributed by atoms with Gasteiger partial charge in [-0.1, -0.05) is 44.6 Å². The standard InChI is InChI=1S/C14H26O/c1-6-7-8-10-13(2)11-9-12-14(3,4)15-5/h6-8,13H,1,9-12H2,2-5H3. The summed E-state index contributed by atoms with van der Waals surface area (Å²) in [5.74, 6) is 0.758. The molecule has 1 nitrogen and oxygen atoms in total. The van der Waals surface area contributed by atoms with E-state index >= 15 is 0 Å². The maximum atomic E-state index is 5.39. The molecular formula is C14H26O. The second kappa shape index (κ2) is 7.70. The Bertz CT molecular complexity index is 192. The predicted octanol–water partition coefficient (Wildman–Crippen LogP) is 4.35. The molecule has 0 aromatic carbocycles. The Morgan fingerprint density at radius 2 is 2.07 bits per heavy atom. The molecule has 15 heavy (non-hydrogen) atoms. The molecule has 0 bridgehead atoms. The quantitative estimate of drug-likeness (QED) is 0.541. The van der Waals surface area contributed by atoms with Gasteiger partial charge in [0, 0.05) is 7.11 Å². The Hall–Kier alpha value is -0.560. The van der Waals surface area contributed by atoms with E-state index in [0.29, 0.717) is 0 Å². The molecule has 0 aromatic heterocycles. The molecule has 88 valence electrons. The molecule has 0 heterocycles. The van der Waals surface area contributed by atoms with E-state index in [1.165, 1.54) is 12.8 Å². The highest BCUT2D eigenvalue weighted by Gasteiger charge is 2.15. The van der Waals surface area contributed by atoms with E-state index in [-0.39, 0.29) is 5.60 Å². The van der Waals surface area contributed by atoms with Gasteiger partial charge >= 0.3 is 0 Å². The topological polar surface area (TPSA) is 9.23 Å². The number of hydrogen-bond donors (Lipinski definition) is 0. The molecule has 0 saturated heterocycles. The summed E-state index contributed by atoms with van der Waals surface area (Å²) in [6, 6.07) is 0. The molecule has 0 spiro atoms. The Morgan fingerprint density at radius 3 is 2.60 bits per heavy atom. The van der Waals surface area contributed by atoms with Crippen LogP contribution in [0, 0.1) is 5.92 Å². The van der Waals surface area contributed by atoms with Crippen LogP contribution in [-0.4, -0.2) is 12.7 Å². The predicted molar refractivity (Wildman–Crippen MR) is 68.1 cm³/mol. The zero-order chi connectivity index (χ0) is 11.7. The van der Waals surface area contributed by atoms with Crippen LogP contribution in [0.5, 0.6) is 0 Å². The van der Waals surface area contributed by atoms with Crippen LogP contribution in [0.2, 0.25) is 0 Å². The average molecular weight is 210 g/mol. The summed E-state index contributed by atoms with van der Waals surface area (Å²) < 4.78 is 5.39. The summed E-state index contributed by atoms with van der Waals surface area (Å²) in [6.45, 7) is 10.3. The fourth-order valence-electron chi connectivity index (χ4n) is 1.50. The van der Waals surface area contributed by atoms with E-state index in [4.69, 9.17) is 4.74 Å². The molecule has 0 aliphatic rings. The minimum absolute atomic E-state index is 0.0384. The summed E-state index contributed by atoms with van der Waals surface area (Å²) in [4.78, 5) is 0. The van der Waals surface area contributed by atoms with Gasteiger partial charge < -0.3 is 4.74 Å². The highest BCUT2D eigenvalue weighted by Crippen LogP contribution is 2.20. The van der Waals surface area contributed by atoms with Gasteiger partial charge in [0.25, 0.3) is 0 Å². The van der Waals surface area contributed by atoms with E-state index in [1.807, 2.05) is 12.2 Å². The lowest BCUT2D eigenvalue weighted by Crippen LogP contribution is -2.22. The summed E-state index contributed by atoms with van der Waals surface area (Å²) in [5.41, 5.74) is 0.0384. The molecule has 0 aliphatic carbocycles. The number of rotatable bonds is 8. The van der Waals surface area contributed by atoms with Crippen molar-refractivity contribution in [1.82, 2.24) is 0 Å². The summed E-state index contributed by atoms with van der Waals surface area (Å²) >= 11 is 0. The molecule has 0 amide bonds. The van der Waals surface area contributed by atoms with Gasteiger partial charge in [0.15, 0.2) is 0 Å². The second-order valence-corrected chi connectivity index (χ2v) is 4.86. The first-order chi connectivity index (χ1) is 7.02. The van der Waals surface area contributed by atoms with Crippen LogP contribution in [0.1, 0.15) is 46.5 Å². The molecule has 0 rings (SSSR count). The maximum absolute atomic E-state index is 5.39. The molecule has 1 heteroatoms. The lowest BCUT2D eigenvalue weighted by Gasteiger charge is -2.23. The maximum Gasteiger partial charge on any atom is 0.0622 e. The van der Waals surface area contributed by atoms with E-state index in [2.05, 4.69) is 33.4 Å². The molecule has 0 radical (unpaired) electrons. The van der Waals surface area contributed by atoms with E-state index in [1.54, 1.807) is 7.11 Å². The largest absolute Gasteiger partial charge is 0.379 e. The zero-order valence-corrected chi connectivity index (χ0v) is 10.8. The van der Waals surface area contributed by atoms with Crippen LogP contribution in [0.25, 0.3) is 0 Å². The highest BCUT2D eigenvalue weighted by atomic mass is 16.5. The molecule has 0 fully saturated rings. The van der Waals surface area contributed by atoms with Crippen molar-refractivity contribution in [3.63, 3.8) is 0 Å². The van der Waals surface area contributed by atoms with Crippen molar-refractivity contribution >= 4 is 0 Å². The number of hydrogen-bond acceptors (Lipinski definition) is 1. The summed E-state index contributed by atoms with van der Waals surface area (Å²) in [6.07, 6.45) is 10.9. The monoisotopic (exact) mass is 210 g/mol. The van der Waals surface area contributed by atoms with Gasteiger partial charge in [-0.05, 0) is 32.6 Å². The first-order valence-corrected chi connectivity index (χ1v) is 5.84. The van der Waals surface area contributed by atoms with Gasteiger partial charge in [-0.15, -0.1) is 0 Å². The van der Waals surface area contributed by atoms with Crippen LogP contribution in [0.3, 0.4) is 0 Å². The SMILES string of the molecule is C=CC=CCC(C)CCCC(C)(C)OC. The van der Waals surface area contributed by atoms with Crippen molar-refractivity contribution in [3.05, 3.63) is 24.8 Å². The Morgan fingerprint density at radius 1 is 1.40 bits per heavy atom. The van der Waals surface area contributed by atoms with Crippen LogP contribution >= 0.6 is 0 Å². The van der Waals surface area contributed by atoms with Gasteiger partial charge in [-0.25, -0.2) is 0 Å². The lowest BCUT2D eigenvalue weighted by atomic mass is 9.95. The molecule has 0 aliphatic heterocycles. The van der Waals surface area contributed by atoms with E-state index in [0.717, 1.165) is 18.8 Å². The van der Waals surface area contributed by atoms with Crippen molar-refractivity contribution in [3.8, 4) is 0 Å². The highest BCUT2D eigenvalue weighted by molar-refractivity contribution is 4.97. The fraction of sp³-hybridized carbons (Fsp3) is 0.714. The molecule has 0 aromatic rings. The second-order valence-electron chi connectivity index (χ2n) is 4.86. The van der Waals surface area contributed by atoms with Crippen molar-refractivity contribution in [1.29, 1.82) is 0 Å². The van der Waals surface area contributed by atoms with Crippen LogP contribution in [0.15, 0.2) is 24.8 Å². The van der Waals surface area contributed by atoms with Gasteiger partial charge in [0.2, 0.25) is 0 Å². The molecule has 0 saturated carbocycles. The van der Waals surface area contributed by atoms with Gasteiger partial charge in [0.1, 0.15) is 0 Å². The number of ether oxygens (including phenoxy) is 1. The summed E-state index contributed by atoms with van der Waals surface area (Å²) in [5, 5.41) is 0. The van der Waals surface area contributed by atoms with Crippen LogP contribution in [-0.2, 0) is 4.74 Å². The van der Waals surface area contributed by atoms with Crippen molar-refractivity contribution in [2.75, 3.05) is 7.11 Å². The number of allylic oxidation sites excluding steroid dienone is 3. The van der Waals surface area contributed by atoms with E-state index in [9.17, 15) is 0 Å². The molecule has 1 atom stereocenters. The smallest absolute Gasteiger partial charge is 0.0622 e. The first-order valence-electron chi connectivity index (χ1n) is 5.84. The summed E-state index contributed by atoms with van der Waals surface area (Å²) in [7, 11) is 1.79. The number of methoxy groups -OCH3 is 1. The fourth-order valence-corrected chi connectivity index (χ4v) is 1.50. The minimum Gasteiger partial charge on any atom is -0.379 e. The van der Waals surface area contributed by atoms with Gasteiger partial charge in [-0.3, -0.25) is 0 Å². The third kappa shape index (κ3) is 8.44. The van der Waals surface area contributed by atoms with Crippen molar-refractivity contribution in [2.45, 2.75) is 52.1 Å². The lowest BCUT2D eigenvalue weighted by molar-refractivity contribution is 0.0128. The molecule has 1 unspecified atom stereocenters. The average Bonchev–Trinajstić information content (AvgIpc) is 2.18. The normalized spacial score (nSPS) is 14.4. The van der Waals surface area contributed by atoms with Gasteiger partial charge in [-0.2, -0.15) is 0 Å². The first kappa shape index (κ1) is 14.4. The Balaban J connectivity index is 3.58. The zero-order valence-electron chi connectivity index (χ0n) is 10.8. The van der Waals surface area contributed by atoms with Crippen molar-refractivity contribution < 1.29 is 4.74 Å². The third-order valence-electron chi connectivity index (χ3n) is 2.84. The Kier molecular flexibility index (Phi) is 7.41. The minimum atomic E-state index is 0.0384. The van der Waals surface area contributed by atoms with Crippen LogP contribution < -0.4 is 0 Å². The molecule has 0 N–H and O–H groups in total. The van der Waals surface area contributed by atoms with Crippen LogP contribution in [0.4, 0.5) is 0 Å². The Labute approximate surface area is 95.2 Å². The van der Waals surface area contributed by atoms with Gasteiger partial charge in [0.05, 0.1) is 5.60 Å².